The van der Waals surface area contributed by atoms with Crippen molar-refractivity contribution in [3.05, 3.63) is 0 Å². The molecule has 1 saturated heterocycles. The van der Waals surface area contributed by atoms with Gasteiger partial charge in [-0.25, -0.2) is 4.79 Å². The summed E-state index contributed by atoms with van der Waals surface area (Å²) >= 11 is 0. The van der Waals surface area contributed by atoms with Crippen molar-refractivity contribution in [1.29, 1.82) is 0 Å². The van der Waals surface area contributed by atoms with Crippen LogP contribution in [-0.4, -0.2) is 23.8 Å². The van der Waals surface area contributed by atoms with E-state index >= 15 is 0 Å². The van der Waals surface area contributed by atoms with E-state index in [4.69, 9.17) is 9.84 Å². The van der Waals surface area contributed by atoms with E-state index in [0.29, 0.717) is 6.61 Å². The van der Waals surface area contributed by atoms with Crippen molar-refractivity contribution in [2.45, 2.75) is 25.9 Å². The third-order valence-corrected chi connectivity index (χ3v) is 1.86. The summed E-state index contributed by atoms with van der Waals surface area (Å²) in [4.78, 5) is 10.4. The molecule has 1 rings (SSSR count). The third-order valence-electron chi connectivity index (χ3n) is 1.86. The summed E-state index contributed by atoms with van der Waals surface area (Å²) in [7, 11) is 0. The van der Waals surface area contributed by atoms with Gasteiger partial charge in [0.1, 0.15) is 0 Å². The summed E-state index contributed by atoms with van der Waals surface area (Å²) in [6, 6.07) is 0. The fourth-order valence-electron chi connectivity index (χ4n) is 1.25. The minimum atomic E-state index is -0.827. The summed E-state index contributed by atoms with van der Waals surface area (Å²) < 4.78 is 5.05. The number of hydrogen-bond donors (Lipinski definition) is 1. The highest BCUT2D eigenvalue weighted by molar-refractivity contribution is 5.72. The lowest BCUT2D eigenvalue weighted by molar-refractivity contribution is -0.157. The SMILES string of the molecule is C[C@@H]1CCCO[C@@H]1C(=O)O. The number of aliphatic carboxylic acids is 1. The van der Waals surface area contributed by atoms with Crippen LogP contribution < -0.4 is 0 Å². The van der Waals surface area contributed by atoms with Gasteiger partial charge in [0.15, 0.2) is 6.10 Å². The number of carboxylic acids is 1. The van der Waals surface area contributed by atoms with Crippen LogP contribution in [0.2, 0.25) is 0 Å². The molecule has 3 nitrogen and oxygen atoms in total. The first kappa shape index (κ1) is 7.54. The van der Waals surface area contributed by atoms with Crippen LogP contribution in [0.4, 0.5) is 0 Å². The normalized spacial score (nSPS) is 33.7. The molecule has 1 heterocycles. The summed E-state index contributed by atoms with van der Waals surface area (Å²) in [5, 5.41) is 8.58. The lowest BCUT2D eigenvalue weighted by Crippen LogP contribution is -2.34. The van der Waals surface area contributed by atoms with Crippen molar-refractivity contribution in [3.63, 3.8) is 0 Å². The molecule has 1 fully saturated rings. The maximum Gasteiger partial charge on any atom is 0.333 e. The molecule has 3 heteroatoms. The Morgan fingerprint density at radius 1 is 1.70 bits per heavy atom. The van der Waals surface area contributed by atoms with Crippen LogP contribution in [0.25, 0.3) is 0 Å². The summed E-state index contributed by atoms with van der Waals surface area (Å²) in [5.41, 5.74) is 0. The Bertz CT molecular complexity index is 133. The highest BCUT2D eigenvalue weighted by atomic mass is 16.5. The van der Waals surface area contributed by atoms with Gasteiger partial charge in [-0.15, -0.1) is 0 Å². The van der Waals surface area contributed by atoms with E-state index in [2.05, 4.69) is 0 Å². The Labute approximate surface area is 60.0 Å². The predicted molar refractivity (Wildman–Crippen MR) is 35.8 cm³/mol. The van der Waals surface area contributed by atoms with Gasteiger partial charge >= 0.3 is 5.97 Å². The molecule has 1 aliphatic rings. The first-order chi connectivity index (χ1) is 4.72. The maximum absolute atomic E-state index is 10.4. The molecule has 0 bridgehead atoms. The van der Waals surface area contributed by atoms with E-state index < -0.39 is 12.1 Å². The first-order valence-corrected chi connectivity index (χ1v) is 3.56. The van der Waals surface area contributed by atoms with Crippen molar-refractivity contribution in [2.24, 2.45) is 5.92 Å². The van der Waals surface area contributed by atoms with Crippen LogP contribution in [0.1, 0.15) is 19.8 Å². The second kappa shape index (κ2) is 3.01. The zero-order valence-electron chi connectivity index (χ0n) is 6.04. The zero-order valence-corrected chi connectivity index (χ0v) is 6.04. The lowest BCUT2D eigenvalue weighted by atomic mass is 9.97. The molecule has 58 valence electrons. The monoisotopic (exact) mass is 144 g/mol. The largest absolute Gasteiger partial charge is 0.479 e. The molecule has 0 unspecified atom stereocenters. The number of carbonyl (C=O) groups is 1. The van der Waals surface area contributed by atoms with Crippen molar-refractivity contribution >= 4 is 5.97 Å². The molecule has 0 amide bonds. The molecule has 1 aliphatic heterocycles. The maximum atomic E-state index is 10.4. The van der Waals surface area contributed by atoms with Gasteiger partial charge in [0.25, 0.3) is 0 Å². The highest BCUT2D eigenvalue weighted by Crippen LogP contribution is 2.19. The van der Waals surface area contributed by atoms with Crippen molar-refractivity contribution in [3.8, 4) is 0 Å². The smallest absolute Gasteiger partial charge is 0.333 e. The van der Waals surface area contributed by atoms with Crippen LogP contribution >= 0.6 is 0 Å². The van der Waals surface area contributed by atoms with Gasteiger partial charge in [-0.3, -0.25) is 0 Å². The number of ether oxygens (including phenoxy) is 1. The quantitative estimate of drug-likeness (QED) is 0.594. The van der Waals surface area contributed by atoms with Gasteiger partial charge in [-0.1, -0.05) is 6.92 Å². The molecule has 0 aromatic heterocycles. The standard InChI is InChI=1S/C7H12O3/c1-5-3-2-4-10-6(5)7(8)9/h5-6H,2-4H2,1H3,(H,8,9)/t5-,6+/m1/s1. The topological polar surface area (TPSA) is 46.5 Å². The van der Waals surface area contributed by atoms with Crippen molar-refractivity contribution in [1.82, 2.24) is 0 Å². The molecule has 0 aromatic carbocycles. The minimum absolute atomic E-state index is 0.172. The van der Waals surface area contributed by atoms with E-state index in [9.17, 15) is 4.79 Å². The number of carboxylic acid groups (broad SMARTS) is 1. The average molecular weight is 144 g/mol. The predicted octanol–water partition coefficient (Wildman–Crippen LogP) is 0.886. The second-order valence-electron chi connectivity index (χ2n) is 2.75. The van der Waals surface area contributed by atoms with Gasteiger partial charge < -0.3 is 9.84 Å². The summed E-state index contributed by atoms with van der Waals surface area (Å²) in [6.07, 6.45) is 1.40. The van der Waals surface area contributed by atoms with E-state index in [1.807, 2.05) is 6.92 Å². The van der Waals surface area contributed by atoms with Crippen molar-refractivity contribution < 1.29 is 14.6 Å². The number of hydrogen-bond acceptors (Lipinski definition) is 2. The van der Waals surface area contributed by atoms with E-state index in [0.717, 1.165) is 12.8 Å². The van der Waals surface area contributed by atoms with Crippen LogP contribution in [-0.2, 0) is 9.53 Å². The van der Waals surface area contributed by atoms with E-state index in [1.54, 1.807) is 0 Å². The molecular formula is C7H12O3. The number of rotatable bonds is 1. The molecule has 2 atom stereocenters. The molecule has 0 aromatic rings. The van der Waals surface area contributed by atoms with Crippen LogP contribution in [0.5, 0.6) is 0 Å². The summed E-state index contributed by atoms with van der Waals surface area (Å²) in [6.45, 7) is 2.51. The van der Waals surface area contributed by atoms with Gasteiger partial charge in [0.05, 0.1) is 0 Å². The molecule has 0 aliphatic carbocycles. The summed E-state index contributed by atoms with van der Waals surface area (Å²) in [5.74, 6) is -0.654. The van der Waals surface area contributed by atoms with Gasteiger partial charge in [-0.05, 0) is 18.8 Å². The average Bonchev–Trinajstić information content (AvgIpc) is 1.88. The molecule has 0 saturated carbocycles. The van der Waals surface area contributed by atoms with E-state index in [-0.39, 0.29) is 5.92 Å². The fraction of sp³-hybridized carbons (Fsp3) is 0.857. The third kappa shape index (κ3) is 1.48. The first-order valence-electron chi connectivity index (χ1n) is 3.56. The van der Waals surface area contributed by atoms with Gasteiger partial charge in [0.2, 0.25) is 0 Å². The molecule has 0 radical (unpaired) electrons. The molecule has 1 N–H and O–H groups in total. The van der Waals surface area contributed by atoms with E-state index in [1.165, 1.54) is 0 Å². The van der Waals surface area contributed by atoms with Crippen LogP contribution in [0.15, 0.2) is 0 Å². The Kier molecular flexibility index (Phi) is 2.27. The van der Waals surface area contributed by atoms with Gasteiger partial charge in [0, 0.05) is 6.61 Å². The Hall–Kier alpha value is -0.570. The molecular weight excluding hydrogens is 132 g/mol. The van der Waals surface area contributed by atoms with Crippen molar-refractivity contribution in [2.75, 3.05) is 6.61 Å². The minimum Gasteiger partial charge on any atom is -0.479 e. The Morgan fingerprint density at radius 2 is 2.40 bits per heavy atom. The Balaban J connectivity index is 2.47. The zero-order chi connectivity index (χ0) is 7.56. The molecule has 10 heavy (non-hydrogen) atoms. The lowest BCUT2D eigenvalue weighted by Gasteiger charge is -2.25. The van der Waals surface area contributed by atoms with Gasteiger partial charge in [-0.2, -0.15) is 0 Å². The Morgan fingerprint density at radius 3 is 2.80 bits per heavy atom. The van der Waals surface area contributed by atoms with Crippen LogP contribution in [0, 0.1) is 5.92 Å². The highest BCUT2D eigenvalue weighted by Gasteiger charge is 2.27. The second-order valence-corrected chi connectivity index (χ2v) is 2.75. The fourth-order valence-corrected chi connectivity index (χ4v) is 1.25. The molecule has 0 spiro atoms. The van der Waals surface area contributed by atoms with Crippen LogP contribution in [0.3, 0.4) is 0 Å².